The van der Waals surface area contributed by atoms with Crippen LogP contribution in [-0.2, 0) is 11.3 Å². The maximum Gasteiger partial charge on any atom is 0.228 e. The molecule has 0 aliphatic rings. The van der Waals surface area contributed by atoms with E-state index in [1.807, 2.05) is 56.3 Å². The van der Waals surface area contributed by atoms with E-state index in [1.54, 1.807) is 6.20 Å². The van der Waals surface area contributed by atoms with E-state index in [1.165, 1.54) is 0 Å². The molecule has 0 saturated heterocycles. The molecule has 3 nitrogen and oxygen atoms in total. The van der Waals surface area contributed by atoms with Crippen molar-refractivity contribution in [2.45, 2.75) is 26.3 Å². The molecule has 1 aromatic heterocycles. The average molecular weight is 303 g/mol. The quantitative estimate of drug-likeness (QED) is 0.913. The fraction of sp³-hybridized carbons (Fsp3) is 0.294. The Morgan fingerprint density at radius 2 is 1.90 bits per heavy atom. The fourth-order valence-electron chi connectivity index (χ4n) is 2.30. The number of hydrogen-bond acceptors (Lipinski definition) is 2. The number of carbonyl (C=O) groups is 1. The van der Waals surface area contributed by atoms with Crippen molar-refractivity contribution >= 4 is 17.5 Å². The van der Waals surface area contributed by atoms with Crippen LogP contribution in [0.2, 0.25) is 5.02 Å². The molecular formula is C17H19ClN2O. The number of pyridine rings is 1. The Morgan fingerprint density at radius 3 is 2.48 bits per heavy atom. The topological polar surface area (TPSA) is 42.0 Å². The molecule has 1 heterocycles. The van der Waals surface area contributed by atoms with Gasteiger partial charge in [-0.05, 0) is 35.7 Å². The minimum atomic E-state index is -0.189. The smallest absolute Gasteiger partial charge is 0.228 e. The molecule has 1 amide bonds. The van der Waals surface area contributed by atoms with Crippen LogP contribution >= 0.6 is 11.6 Å². The molecule has 2 aromatic rings. The molecule has 0 radical (unpaired) electrons. The van der Waals surface area contributed by atoms with Gasteiger partial charge in [-0.1, -0.05) is 43.6 Å². The Balaban J connectivity index is 2.07. The molecule has 21 heavy (non-hydrogen) atoms. The highest BCUT2D eigenvalue weighted by atomic mass is 35.5. The Kier molecular flexibility index (Phi) is 5.34. The average Bonchev–Trinajstić information content (AvgIpc) is 2.48. The molecule has 0 bridgehead atoms. The van der Waals surface area contributed by atoms with E-state index in [4.69, 9.17) is 11.6 Å². The lowest BCUT2D eigenvalue weighted by Crippen LogP contribution is -2.31. The van der Waals surface area contributed by atoms with Gasteiger partial charge in [0.1, 0.15) is 0 Å². The molecule has 110 valence electrons. The minimum absolute atomic E-state index is 0.0120. The van der Waals surface area contributed by atoms with Gasteiger partial charge in [-0.2, -0.15) is 0 Å². The summed E-state index contributed by atoms with van der Waals surface area (Å²) < 4.78 is 0. The summed E-state index contributed by atoms with van der Waals surface area (Å²) in [4.78, 5) is 16.7. The lowest BCUT2D eigenvalue weighted by Gasteiger charge is -2.20. The summed E-state index contributed by atoms with van der Waals surface area (Å²) in [5.74, 6) is 0.0267. The zero-order valence-corrected chi connectivity index (χ0v) is 13.0. The normalized spacial score (nSPS) is 12.2. The number of nitrogens with one attached hydrogen (secondary N) is 1. The van der Waals surface area contributed by atoms with E-state index in [2.05, 4.69) is 10.3 Å². The van der Waals surface area contributed by atoms with Crippen LogP contribution < -0.4 is 5.32 Å². The van der Waals surface area contributed by atoms with Crippen molar-refractivity contribution in [2.75, 3.05) is 0 Å². The largest absolute Gasteiger partial charge is 0.350 e. The summed E-state index contributed by atoms with van der Waals surface area (Å²) in [6, 6.07) is 13.1. The van der Waals surface area contributed by atoms with Gasteiger partial charge in [0.15, 0.2) is 0 Å². The van der Waals surface area contributed by atoms with Gasteiger partial charge in [0, 0.05) is 11.2 Å². The minimum Gasteiger partial charge on any atom is -0.350 e. The molecule has 0 aliphatic carbocycles. The van der Waals surface area contributed by atoms with E-state index < -0.39 is 0 Å². The summed E-state index contributed by atoms with van der Waals surface area (Å²) in [6.07, 6.45) is 1.72. The van der Waals surface area contributed by atoms with Gasteiger partial charge in [0.2, 0.25) is 5.91 Å². The van der Waals surface area contributed by atoms with Crippen LogP contribution in [0.25, 0.3) is 0 Å². The van der Waals surface area contributed by atoms with Crippen LogP contribution in [0.3, 0.4) is 0 Å². The van der Waals surface area contributed by atoms with Crippen molar-refractivity contribution in [3.63, 3.8) is 0 Å². The van der Waals surface area contributed by atoms with Gasteiger partial charge in [0.25, 0.3) is 0 Å². The van der Waals surface area contributed by atoms with E-state index in [0.29, 0.717) is 11.6 Å². The first-order valence-corrected chi connectivity index (χ1v) is 7.39. The Labute approximate surface area is 130 Å². The molecule has 1 atom stereocenters. The highest BCUT2D eigenvalue weighted by Crippen LogP contribution is 2.26. The summed E-state index contributed by atoms with van der Waals surface area (Å²) in [5, 5.41) is 3.64. The molecule has 4 heteroatoms. The van der Waals surface area contributed by atoms with E-state index >= 15 is 0 Å². The Bertz CT molecular complexity index is 581. The molecule has 0 spiro atoms. The highest BCUT2D eigenvalue weighted by molar-refractivity contribution is 6.30. The van der Waals surface area contributed by atoms with Crippen LogP contribution in [0, 0.1) is 5.92 Å². The summed E-state index contributed by atoms with van der Waals surface area (Å²) in [6.45, 7) is 4.52. The highest BCUT2D eigenvalue weighted by Gasteiger charge is 2.23. The monoisotopic (exact) mass is 302 g/mol. The molecule has 0 saturated carbocycles. The molecule has 0 unspecified atom stereocenters. The summed E-state index contributed by atoms with van der Waals surface area (Å²) in [5.41, 5.74) is 1.83. The van der Waals surface area contributed by atoms with Gasteiger partial charge in [-0.25, -0.2) is 0 Å². The second kappa shape index (κ2) is 7.23. The standard InChI is InChI=1S/C17H19ClN2O/c1-12(2)16(13-6-8-14(18)9-7-13)17(21)20-11-15-5-3-4-10-19-15/h3-10,12,16H,11H2,1-2H3,(H,20,21)/t16-/m1/s1. The lowest BCUT2D eigenvalue weighted by molar-refractivity contribution is -0.123. The first-order valence-electron chi connectivity index (χ1n) is 7.01. The van der Waals surface area contributed by atoms with Crippen molar-refractivity contribution in [2.24, 2.45) is 5.92 Å². The van der Waals surface area contributed by atoms with E-state index in [0.717, 1.165) is 11.3 Å². The van der Waals surface area contributed by atoms with E-state index in [-0.39, 0.29) is 17.7 Å². The van der Waals surface area contributed by atoms with Gasteiger partial charge in [-0.3, -0.25) is 9.78 Å². The summed E-state index contributed by atoms with van der Waals surface area (Å²) >= 11 is 5.91. The number of aromatic nitrogens is 1. The number of benzene rings is 1. The van der Waals surface area contributed by atoms with Gasteiger partial charge >= 0.3 is 0 Å². The molecule has 2 rings (SSSR count). The first kappa shape index (κ1) is 15.5. The van der Waals surface area contributed by atoms with Gasteiger partial charge in [-0.15, -0.1) is 0 Å². The Hall–Kier alpha value is -1.87. The number of hydrogen-bond donors (Lipinski definition) is 1. The van der Waals surface area contributed by atoms with Crippen molar-refractivity contribution < 1.29 is 4.79 Å². The zero-order chi connectivity index (χ0) is 15.2. The number of halogens is 1. The van der Waals surface area contributed by atoms with Crippen molar-refractivity contribution in [3.8, 4) is 0 Å². The number of carbonyl (C=O) groups excluding carboxylic acids is 1. The number of nitrogens with zero attached hydrogens (tertiary/aromatic N) is 1. The number of rotatable bonds is 5. The van der Waals surface area contributed by atoms with Crippen LogP contribution in [-0.4, -0.2) is 10.9 Å². The second-order valence-electron chi connectivity index (χ2n) is 5.31. The molecule has 0 aliphatic heterocycles. The third-order valence-corrected chi connectivity index (χ3v) is 3.60. The fourth-order valence-corrected chi connectivity index (χ4v) is 2.43. The predicted octanol–water partition coefficient (Wildman–Crippen LogP) is 3.79. The van der Waals surface area contributed by atoms with Crippen LogP contribution in [0.1, 0.15) is 31.0 Å². The van der Waals surface area contributed by atoms with Crippen LogP contribution in [0.4, 0.5) is 0 Å². The van der Waals surface area contributed by atoms with Crippen molar-refractivity contribution in [3.05, 3.63) is 64.9 Å². The maximum absolute atomic E-state index is 12.5. The molecule has 0 fully saturated rings. The lowest BCUT2D eigenvalue weighted by atomic mass is 9.87. The first-order chi connectivity index (χ1) is 10.1. The zero-order valence-electron chi connectivity index (χ0n) is 12.2. The molecule has 1 aromatic carbocycles. The molecule has 1 N–H and O–H groups in total. The number of amides is 1. The van der Waals surface area contributed by atoms with Crippen molar-refractivity contribution in [1.29, 1.82) is 0 Å². The van der Waals surface area contributed by atoms with Crippen molar-refractivity contribution in [1.82, 2.24) is 10.3 Å². The van der Waals surface area contributed by atoms with Gasteiger partial charge < -0.3 is 5.32 Å². The second-order valence-corrected chi connectivity index (χ2v) is 5.75. The maximum atomic E-state index is 12.5. The summed E-state index contributed by atoms with van der Waals surface area (Å²) in [7, 11) is 0. The van der Waals surface area contributed by atoms with Crippen LogP contribution in [0.15, 0.2) is 48.7 Å². The third-order valence-electron chi connectivity index (χ3n) is 3.35. The van der Waals surface area contributed by atoms with Gasteiger partial charge in [0.05, 0.1) is 18.2 Å². The third kappa shape index (κ3) is 4.30. The van der Waals surface area contributed by atoms with Crippen LogP contribution in [0.5, 0.6) is 0 Å². The SMILES string of the molecule is CC(C)[C@@H](C(=O)NCc1ccccn1)c1ccc(Cl)cc1. The van der Waals surface area contributed by atoms with E-state index in [9.17, 15) is 4.79 Å². The Morgan fingerprint density at radius 1 is 1.19 bits per heavy atom. The predicted molar refractivity (Wildman–Crippen MR) is 85.1 cm³/mol. The molecular weight excluding hydrogens is 284 g/mol.